The first kappa shape index (κ1) is 25.1. The maximum absolute atomic E-state index is 5.17. The Hall–Kier alpha value is -5.47. The third kappa shape index (κ3) is 3.58. The molecule has 0 atom stereocenters. The predicted octanol–water partition coefficient (Wildman–Crippen LogP) is 11.0. The Balaban J connectivity index is 1.32. The minimum absolute atomic E-state index is 0.0641. The Bertz CT molecular complexity index is 2410. The number of para-hydroxylation sites is 3. The lowest BCUT2D eigenvalue weighted by Gasteiger charge is -2.22. The van der Waals surface area contributed by atoms with Gasteiger partial charge in [-0.15, -0.1) is 0 Å². The lowest BCUT2D eigenvalue weighted by molar-refractivity contribution is 0.661. The molecule has 0 fully saturated rings. The number of rotatable bonds is 3. The van der Waals surface area contributed by atoms with E-state index in [0.29, 0.717) is 0 Å². The van der Waals surface area contributed by atoms with E-state index in [-0.39, 0.29) is 5.41 Å². The van der Waals surface area contributed by atoms with Gasteiger partial charge in [0.15, 0.2) is 0 Å². The quantitative estimate of drug-likeness (QED) is 0.196. The first-order valence-electron chi connectivity index (χ1n) is 15.3. The normalized spacial score (nSPS) is 13.4. The fourth-order valence-electron chi connectivity index (χ4n) is 7.45. The van der Waals surface area contributed by atoms with Gasteiger partial charge in [-0.25, -0.2) is 4.98 Å². The fraction of sp³-hybridized carbons (Fsp3) is 0.0714. The molecular weight excluding hydrogens is 532 g/mol. The van der Waals surface area contributed by atoms with E-state index in [1.54, 1.807) is 0 Å². The highest BCUT2D eigenvalue weighted by Crippen LogP contribution is 2.51. The first-order valence-corrected chi connectivity index (χ1v) is 15.3. The van der Waals surface area contributed by atoms with Gasteiger partial charge in [-0.3, -0.25) is 4.57 Å². The number of aromatic nitrogens is 2. The molecule has 1 aliphatic rings. The van der Waals surface area contributed by atoms with Crippen LogP contribution in [0.2, 0.25) is 0 Å². The molecule has 1 aliphatic carbocycles. The van der Waals surface area contributed by atoms with Gasteiger partial charge in [0, 0.05) is 16.7 Å². The van der Waals surface area contributed by atoms with Gasteiger partial charge in [0.1, 0.15) is 5.82 Å². The molecule has 1 heterocycles. The van der Waals surface area contributed by atoms with E-state index < -0.39 is 0 Å². The summed E-state index contributed by atoms with van der Waals surface area (Å²) in [6.07, 6.45) is 0. The Morgan fingerprint density at radius 2 is 1.27 bits per heavy atom. The van der Waals surface area contributed by atoms with Crippen LogP contribution in [-0.4, -0.2) is 9.55 Å². The van der Waals surface area contributed by atoms with Crippen molar-refractivity contribution < 1.29 is 0 Å². The van der Waals surface area contributed by atoms with Crippen LogP contribution in [0.3, 0.4) is 0 Å². The molecule has 8 aromatic rings. The average Bonchev–Trinajstić information content (AvgIpc) is 3.56. The van der Waals surface area contributed by atoms with Crippen molar-refractivity contribution in [2.45, 2.75) is 19.3 Å². The highest BCUT2D eigenvalue weighted by Gasteiger charge is 2.35. The van der Waals surface area contributed by atoms with Gasteiger partial charge < -0.3 is 0 Å². The van der Waals surface area contributed by atoms with Crippen LogP contribution in [0.4, 0.5) is 0 Å². The molecule has 0 saturated carbocycles. The first-order chi connectivity index (χ1) is 21.6. The Morgan fingerprint density at radius 3 is 2.18 bits per heavy atom. The van der Waals surface area contributed by atoms with Gasteiger partial charge >= 0.3 is 0 Å². The second-order valence-corrected chi connectivity index (χ2v) is 12.4. The third-order valence-electron chi connectivity index (χ3n) is 9.55. The molecule has 1 aromatic heterocycles. The standard InChI is InChI=1S/C42H30N2/c1-42(2)36-20-9-8-19-33(36)35-25-30-23-27-13-6-7-18-32(27)40(34(30)26-37(35)42)28-14-12-15-29(24-28)41-43-38-21-10-11-22-39(38)44(41)31-16-4-3-5-17-31/h3-26H,1-2H3. The van der Waals surface area contributed by atoms with Crippen LogP contribution in [0.1, 0.15) is 25.0 Å². The van der Waals surface area contributed by atoms with E-state index in [0.717, 1.165) is 28.1 Å². The zero-order chi connectivity index (χ0) is 29.4. The Kier molecular flexibility index (Phi) is 5.28. The molecule has 2 heteroatoms. The lowest BCUT2D eigenvalue weighted by atomic mass is 9.81. The minimum Gasteiger partial charge on any atom is -0.292 e. The molecule has 0 bridgehead atoms. The number of fused-ring (bicyclic) bond motifs is 6. The van der Waals surface area contributed by atoms with Crippen molar-refractivity contribution in [3.05, 3.63) is 157 Å². The van der Waals surface area contributed by atoms with Crippen molar-refractivity contribution in [2.75, 3.05) is 0 Å². The summed E-state index contributed by atoms with van der Waals surface area (Å²) in [5.41, 5.74) is 12.2. The van der Waals surface area contributed by atoms with Crippen LogP contribution < -0.4 is 0 Å². The van der Waals surface area contributed by atoms with Gasteiger partial charge in [-0.1, -0.05) is 111 Å². The summed E-state index contributed by atoms with van der Waals surface area (Å²) in [5.74, 6) is 0.946. The van der Waals surface area contributed by atoms with E-state index in [1.165, 1.54) is 54.9 Å². The molecule has 0 N–H and O–H groups in total. The molecular formula is C42H30N2. The SMILES string of the molecule is CC1(C)c2ccccc2-c2cc3cc4ccccc4c(-c4cccc(-c5nc6ccccc6n5-c5ccccc5)c4)c3cc21. The molecule has 0 aliphatic heterocycles. The maximum atomic E-state index is 5.17. The number of benzene rings is 7. The van der Waals surface area contributed by atoms with Crippen LogP contribution in [0.25, 0.3) is 71.9 Å². The van der Waals surface area contributed by atoms with Crippen LogP contribution in [0.5, 0.6) is 0 Å². The summed E-state index contributed by atoms with van der Waals surface area (Å²) in [4.78, 5) is 5.17. The molecule has 0 unspecified atom stereocenters. The summed E-state index contributed by atoms with van der Waals surface area (Å²) in [6, 6.07) is 52.9. The minimum atomic E-state index is -0.0641. The number of nitrogens with zero attached hydrogens (tertiary/aromatic N) is 2. The summed E-state index contributed by atoms with van der Waals surface area (Å²) in [5, 5.41) is 5.08. The Labute approximate surface area is 256 Å². The summed E-state index contributed by atoms with van der Waals surface area (Å²) in [6.45, 7) is 4.72. The van der Waals surface area contributed by atoms with E-state index >= 15 is 0 Å². The summed E-state index contributed by atoms with van der Waals surface area (Å²) < 4.78 is 2.28. The van der Waals surface area contributed by atoms with Crippen LogP contribution in [0.15, 0.2) is 146 Å². The highest BCUT2D eigenvalue weighted by atomic mass is 15.1. The van der Waals surface area contributed by atoms with Gasteiger partial charge in [0.05, 0.1) is 11.0 Å². The summed E-state index contributed by atoms with van der Waals surface area (Å²) >= 11 is 0. The van der Waals surface area contributed by atoms with Crippen molar-refractivity contribution in [3.8, 4) is 39.3 Å². The Morgan fingerprint density at radius 1 is 0.523 bits per heavy atom. The van der Waals surface area contributed by atoms with Crippen LogP contribution in [0, 0.1) is 0 Å². The zero-order valence-electron chi connectivity index (χ0n) is 24.8. The molecule has 44 heavy (non-hydrogen) atoms. The van der Waals surface area contributed by atoms with Crippen molar-refractivity contribution >= 4 is 32.6 Å². The van der Waals surface area contributed by atoms with Crippen molar-refractivity contribution in [1.29, 1.82) is 0 Å². The predicted molar refractivity (Wildman–Crippen MR) is 185 cm³/mol. The zero-order valence-corrected chi connectivity index (χ0v) is 24.8. The number of imidazole rings is 1. The average molecular weight is 563 g/mol. The molecule has 0 radical (unpaired) electrons. The van der Waals surface area contributed by atoms with E-state index in [1.807, 2.05) is 0 Å². The van der Waals surface area contributed by atoms with Crippen molar-refractivity contribution in [1.82, 2.24) is 9.55 Å². The highest BCUT2D eigenvalue weighted by molar-refractivity contribution is 6.14. The molecule has 9 rings (SSSR count). The summed E-state index contributed by atoms with van der Waals surface area (Å²) in [7, 11) is 0. The fourth-order valence-corrected chi connectivity index (χ4v) is 7.45. The van der Waals surface area contributed by atoms with Crippen LogP contribution in [-0.2, 0) is 5.41 Å². The van der Waals surface area contributed by atoms with E-state index in [2.05, 4.69) is 164 Å². The number of hydrogen-bond donors (Lipinski definition) is 0. The lowest BCUT2D eigenvalue weighted by Crippen LogP contribution is -2.14. The largest absolute Gasteiger partial charge is 0.292 e. The van der Waals surface area contributed by atoms with Gasteiger partial charge in [0.2, 0.25) is 0 Å². The second-order valence-electron chi connectivity index (χ2n) is 12.4. The van der Waals surface area contributed by atoms with E-state index in [4.69, 9.17) is 4.98 Å². The topological polar surface area (TPSA) is 17.8 Å². The van der Waals surface area contributed by atoms with Crippen LogP contribution >= 0.6 is 0 Å². The molecule has 7 aromatic carbocycles. The smallest absolute Gasteiger partial charge is 0.145 e. The van der Waals surface area contributed by atoms with Crippen molar-refractivity contribution in [3.63, 3.8) is 0 Å². The van der Waals surface area contributed by atoms with Gasteiger partial charge in [-0.2, -0.15) is 0 Å². The third-order valence-corrected chi connectivity index (χ3v) is 9.55. The molecule has 0 spiro atoms. The second kappa shape index (κ2) is 9.26. The van der Waals surface area contributed by atoms with Crippen molar-refractivity contribution in [2.24, 2.45) is 0 Å². The molecule has 2 nitrogen and oxygen atoms in total. The van der Waals surface area contributed by atoms with Gasteiger partial charge in [-0.05, 0) is 103 Å². The molecule has 0 amide bonds. The maximum Gasteiger partial charge on any atom is 0.145 e. The molecule has 208 valence electrons. The van der Waals surface area contributed by atoms with E-state index in [9.17, 15) is 0 Å². The number of hydrogen-bond acceptors (Lipinski definition) is 1. The monoisotopic (exact) mass is 562 g/mol. The molecule has 0 saturated heterocycles. The van der Waals surface area contributed by atoms with Gasteiger partial charge in [0.25, 0.3) is 0 Å².